The molecule has 0 amide bonds. The molecule has 0 radical (unpaired) electrons. The van der Waals surface area contributed by atoms with Crippen molar-refractivity contribution in [3.63, 3.8) is 0 Å². The first-order valence-corrected chi connectivity index (χ1v) is 5.64. The molecule has 0 aliphatic rings. The Morgan fingerprint density at radius 2 is 2.24 bits per heavy atom. The molecule has 17 heavy (non-hydrogen) atoms. The van der Waals surface area contributed by atoms with Gasteiger partial charge in [-0.15, -0.1) is 0 Å². The van der Waals surface area contributed by atoms with E-state index in [1.807, 2.05) is 0 Å². The minimum Gasteiger partial charge on any atom is -0.496 e. The molecule has 1 rings (SSSR count). The van der Waals surface area contributed by atoms with Crippen LogP contribution in [0.5, 0.6) is 5.75 Å². The maximum absolute atomic E-state index is 10.7. The van der Waals surface area contributed by atoms with E-state index in [1.165, 1.54) is 0 Å². The van der Waals surface area contributed by atoms with Crippen molar-refractivity contribution in [3.05, 3.63) is 28.8 Å². The summed E-state index contributed by atoms with van der Waals surface area (Å²) in [7, 11) is 1.54. The number of rotatable bonds is 5. The zero-order chi connectivity index (χ0) is 13.0. The van der Waals surface area contributed by atoms with E-state index in [1.54, 1.807) is 32.2 Å². The summed E-state index contributed by atoms with van der Waals surface area (Å²) < 4.78 is 5.19. The average Bonchev–Trinajstić information content (AvgIpc) is 2.27. The fourth-order valence-electron chi connectivity index (χ4n) is 1.67. The molecule has 1 aromatic carbocycles. The van der Waals surface area contributed by atoms with Crippen molar-refractivity contribution in [3.8, 4) is 5.75 Å². The molecule has 4 nitrogen and oxygen atoms in total. The fraction of sp³-hybridized carbons (Fsp3) is 0.417. The lowest BCUT2D eigenvalue weighted by Gasteiger charge is -2.21. The van der Waals surface area contributed by atoms with Gasteiger partial charge in [0.15, 0.2) is 0 Å². The SMILES string of the molecule is COc1ccc(Cl)cc1C(N)C(C)CC(=O)O. The van der Waals surface area contributed by atoms with E-state index in [9.17, 15) is 4.79 Å². The van der Waals surface area contributed by atoms with Crippen LogP contribution in [-0.4, -0.2) is 18.2 Å². The first kappa shape index (κ1) is 13.8. The Bertz CT molecular complexity index is 409. The second-order valence-electron chi connectivity index (χ2n) is 3.99. The lowest BCUT2D eigenvalue weighted by Crippen LogP contribution is -2.22. The van der Waals surface area contributed by atoms with Gasteiger partial charge in [0.1, 0.15) is 5.75 Å². The molecule has 3 N–H and O–H groups in total. The number of carboxylic acid groups (broad SMARTS) is 1. The largest absolute Gasteiger partial charge is 0.496 e. The summed E-state index contributed by atoms with van der Waals surface area (Å²) in [6.07, 6.45) is 0.0107. The lowest BCUT2D eigenvalue weighted by molar-refractivity contribution is -0.138. The third kappa shape index (κ3) is 3.61. The molecule has 0 saturated carbocycles. The maximum atomic E-state index is 10.7. The molecule has 94 valence electrons. The van der Waals surface area contributed by atoms with Crippen molar-refractivity contribution < 1.29 is 14.6 Å². The predicted molar refractivity (Wildman–Crippen MR) is 66.3 cm³/mol. The van der Waals surface area contributed by atoms with E-state index >= 15 is 0 Å². The van der Waals surface area contributed by atoms with Gasteiger partial charge in [0.2, 0.25) is 0 Å². The second kappa shape index (κ2) is 5.89. The third-order valence-electron chi connectivity index (χ3n) is 2.66. The van der Waals surface area contributed by atoms with Crippen LogP contribution in [0.2, 0.25) is 5.02 Å². The molecule has 0 aromatic heterocycles. The van der Waals surface area contributed by atoms with Crippen molar-refractivity contribution >= 4 is 17.6 Å². The van der Waals surface area contributed by atoms with E-state index in [0.29, 0.717) is 10.8 Å². The van der Waals surface area contributed by atoms with Gasteiger partial charge in [0, 0.05) is 23.0 Å². The number of aliphatic carboxylic acids is 1. The standard InChI is InChI=1S/C12H16ClNO3/c1-7(5-11(15)16)12(14)9-6-8(13)3-4-10(9)17-2/h3-4,6-7,12H,5,14H2,1-2H3,(H,15,16). The molecule has 0 spiro atoms. The van der Waals surface area contributed by atoms with Crippen molar-refractivity contribution in [2.45, 2.75) is 19.4 Å². The predicted octanol–water partition coefficient (Wildman–Crippen LogP) is 2.46. The highest BCUT2D eigenvalue weighted by molar-refractivity contribution is 6.30. The smallest absolute Gasteiger partial charge is 0.303 e. The monoisotopic (exact) mass is 257 g/mol. The zero-order valence-electron chi connectivity index (χ0n) is 9.81. The third-order valence-corrected chi connectivity index (χ3v) is 2.90. The number of benzene rings is 1. The van der Waals surface area contributed by atoms with Gasteiger partial charge in [-0.3, -0.25) is 4.79 Å². The van der Waals surface area contributed by atoms with Crippen LogP contribution >= 0.6 is 11.6 Å². The minimum atomic E-state index is -0.867. The summed E-state index contributed by atoms with van der Waals surface area (Å²) in [5.41, 5.74) is 6.76. The van der Waals surface area contributed by atoms with Crippen LogP contribution in [0, 0.1) is 5.92 Å². The Kier molecular flexibility index (Phi) is 4.78. The summed E-state index contributed by atoms with van der Waals surface area (Å²) in [5.74, 6) is -0.437. The number of hydrogen-bond acceptors (Lipinski definition) is 3. The Hall–Kier alpha value is -1.26. The number of carboxylic acids is 1. The van der Waals surface area contributed by atoms with Crippen molar-refractivity contribution in [1.29, 1.82) is 0 Å². The second-order valence-corrected chi connectivity index (χ2v) is 4.42. The fourth-order valence-corrected chi connectivity index (χ4v) is 1.86. The molecule has 2 atom stereocenters. The molecule has 2 unspecified atom stereocenters. The quantitative estimate of drug-likeness (QED) is 0.850. The Labute approximate surface area is 105 Å². The molecule has 1 aromatic rings. The Morgan fingerprint density at radius 1 is 1.59 bits per heavy atom. The van der Waals surface area contributed by atoms with Crippen LogP contribution in [0.3, 0.4) is 0 Å². The zero-order valence-corrected chi connectivity index (χ0v) is 10.6. The first-order chi connectivity index (χ1) is 7.95. The van der Waals surface area contributed by atoms with Gasteiger partial charge in [-0.2, -0.15) is 0 Å². The Balaban J connectivity index is 2.97. The van der Waals surface area contributed by atoms with Gasteiger partial charge in [-0.1, -0.05) is 18.5 Å². The number of carbonyl (C=O) groups is 1. The molecular formula is C12H16ClNO3. The van der Waals surface area contributed by atoms with Crippen LogP contribution < -0.4 is 10.5 Å². The van der Waals surface area contributed by atoms with Gasteiger partial charge in [0.05, 0.1) is 7.11 Å². The van der Waals surface area contributed by atoms with E-state index < -0.39 is 12.0 Å². The minimum absolute atomic E-state index is 0.0107. The summed E-state index contributed by atoms with van der Waals surface area (Å²) in [6, 6.07) is 4.73. The highest BCUT2D eigenvalue weighted by Gasteiger charge is 2.21. The molecule has 0 heterocycles. The van der Waals surface area contributed by atoms with Gasteiger partial charge >= 0.3 is 5.97 Å². The number of halogens is 1. The highest BCUT2D eigenvalue weighted by atomic mass is 35.5. The molecule has 0 bridgehead atoms. The van der Waals surface area contributed by atoms with E-state index in [-0.39, 0.29) is 12.3 Å². The lowest BCUT2D eigenvalue weighted by atomic mass is 9.92. The van der Waals surface area contributed by atoms with Crippen LogP contribution in [-0.2, 0) is 4.79 Å². The number of methoxy groups -OCH3 is 1. The molecule has 0 saturated heterocycles. The van der Waals surface area contributed by atoms with Crippen LogP contribution in [0.15, 0.2) is 18.2 Å². The van der Waals surface area contributed by atoms with Crippen LogP contribution in [0.1, 0.15) is 24.9 Å². The Morgan fingerprint density at radius 3 is 2.76 bits per heavy atom. The molecule has 0 fully saturated rings. The highest BCUT2D eigenvalue weighted by Crippen LogP contribution is 2.31. The van der Waals surface area contributed by atoms with Gasteiger partial charge in [-0.25, -0.2) is 0 Å². The molecule has 0 aliphatic carbocycles. The van der Waals surface area contributed by atoms with Gasteiger partial charge < -0.3 is 15.6 Å². The number of ether oxygens (including phenoxy) is 1. The summed E-state index contributed by atoms with van der Waals surface area (Å²) in [6.45, 7) is 1.79. The number of nitrogens with two attached hydrogens (primary N) is 1. The van der Waals surface area contributed by atoms with Gasteiger partial charge in [-0.05, 0) is 24.1 Å². The molecule has 0 aliphatic heterocycles. The average molecular weight is 258 g/mol. The molecule has 5 heteroatoms. The van der Waals surface area contributed by atoms with Crippen molar-refractivity contribution in [2.24, 2.45) is 11.7 Å². The van der Waals surface area contributed by atoms with Crippen LogP contribution in [0.4, 0.5) is 0 Å². The van der Waals surface area contributed by atoms with E-state index in [4.69, 9.17) is 27.2 Å². The number of hydrogen-bond donors (Lipinski definition) is 2. The summed E-state index contributed by atoms with van der Waals surface area (Å²) in [5, 5.41) is 9.30. The van der Waals surface area contributed by atoms with E-state index in [2.05, 4.69) is 0 Å². The van der Waals surface area contributed by atoms with Crippen molar-refractivity contribution in [1.82, 2.24) is 0 Å². The molecular weight excluding hydrogens is 242 g/mol. The summed E-state index contributed by atoms with van der Waals surface area (Å²) in [4.78, 5) is 10.7. The van der Waals surface area contributed by atoms with Crippen molar-refractivity contribution in [2.75, 3.05) is 7.11 Å². The van der Waals surface area contributed by atoms with E-state index in [0.717, 1.165) is 5.56 Å². The first-order valence-electron chi connectivity index (χ1n) is 5.26. The summed E-state index contributed by atoms with van der Waals surface area (Å²) >= 11 is 5.90. The normalized spacial score (nSPS) is 14.1. The van der Waals surface area contributed by atoms with Crippen LogP contribution in [0.25, 0.3) is 0 Å². The van der Waals surface area contributed by atoms with Gasteiger partial charge in [0.25, 0.3) is 0 Å². The maximum Gasteiger partial charge on any atom is 0.303 e. The topological polar surface area (TPSA) is 72.5 Å².